The Morgan fingerprint density at radius 1 is 1.10 bits per heavy atom. The van der Waals surface area contributed by atoms with Gasteiger partial charge in [0.2, 0.25) is 10.0 Å². The van der Waals surface area contributed by atoms with Gasteiger partial charge in [0.25, 0.3) is 0 Å². The SMILES string of the molecule is CC(NCc1cccc(OCc2ccccn2)c1)c1cc(S(N)(=O)=O)c(Cl)cc1Cl. The summed E-state index contributed by atoms with van der Waals surface area (Å²) in [7, 11) is -3.95. The Morgan fingerprint density at radius 2 is 1.90 bits per heavy atom. The summed E-state index contributed by atoms with van der Waals surface area (Å²) in [6.07, 6.45) is 1.73. The molecule has 3 N–H and O–H groups in total. The molecule has 30 heavy (non-hydrogen) atoms. The van der Waals surface area contributed by atoms with Crippen molar-refractivity contribution in [2.45, 2.75) is 31.0 Å². The highest BCUT2D eigenvalue weighted by molar-refractivity contribution is 7.89. The summed E-state index contributed by atoms with van der Waals surface area (Å²) in [5.41, 5.74) is 2.43. The Hall–Kier alpha value is -2.16. The van der Waals surface area contributed by atoms with Gasteiger partial charge < -0.3 is 10.1 Å². The molecule has 0 saturated heterocycles. The first-order valence-electron chi connectivity index (χ1n) is 9.11. The Labute approximate surface area is 186 Å². The molecule has 3 aromatic rings. The van der Waals surface area contributed by atoms with Crippen molar-refractivity contribution in [3.8, 4) is 5.75 Å². The van der Waals surface area contributed by atoms with Gasteiger partial charge in [0.1, 0.15) is 17.3 Å². The minimum atomic E-state index is -3.95. The number of hydrogen-bond donors (Lipinski definition) is 2. The largest absolute Gasteiger partial charge is 0.487 e. The first-order chi connectivity index (χ1) is 14.2. The lowest BCUT2D eigenvalue weighted by Crippen LogP contribution is -2.20. The van der Waals surface area contributed by atoms with Crippen molar-refractivity contribution in [3.63, 3.8) is 0 Å². The summed E-state index contributed by atoms with van der Waals surface area (Å²) in [5.74, 6) is 0.730. The maximum absolute atomic E-state index is 11.7. The van der Waals surface area contributed by atoms with Crippen LogP contribution in [-0.2, 0) is 23.2 Å². The summed E-state index contributed by atoms with van der Waals surface area (Å²) in [4.78, 5) is 4.09. The summed E-state index contributed by atoms with van der Waals surface area (Å²) in [5, 5.41) is 8.92. The van der Waals surface area contributed by atoms with Crippen LogP contribution in [0.5, 0.6) is 5.75 Å². The lowest BCUT2D eigenvalue weighted by Gasteiger charge is -2.18. The van der Waals surface area contributed by atoms with Crippen molar-refractivity contribution in [3.05, 3.63) is 87.7 Å². The molecule has 3 rings (SSSR count). The number of nitrogens with two attached hydrogens (primary N) is 1. The van der Waals surface area contributed by atoms with Gasteiger partial charge in [-0.15, -0.1) is 0 Å². The first kappa shape index (κ1) is 22.5. The van der Waals surface area contributed by atoms with Gasteiger partial charge in [0.05, 0.1) is 10.7 Å². The topological polar surface area (TPSA) is 94.3 Å². The van der Waals surface area contributed by atoms with Gasteiger partial charge in [0.15, 0.2) is 0 Å². The third-order valence-corrected chi connectivity index (χ3v) is 6.15. The van der Waals surface area contributed by atoms with E-state index in [9.17, 15) is 8.42 Å². The van der Waals surface area contributed by atoms with Gasteiger partial charge in [0, 0.05) is 23.8 Å². The van der Waals surface area contributed by atoms with Crippen LogP contribution in [0.15, 0.2) is 65.7 Å². The molecule has 0 aliphatic carbocycles. The lowest BCUT2D eigenvalue weighted by atomic mass is 10.1. The molecule has 9 heteroatoms. The zero-order valence-corrected chi connectivity index (χ0v) is 18.5. The fraction of sp³-hybridized carbons (Fsp3) is 0.190. The van der Waals surface area contributed by atoms with E-state index in [0.717, 1.165) is 17.0 Å². The highest BCUT2D eigenvalue weighted by atomic mass is 35.5. The zero-order chi connectivity index (χ0) is 21.7. The van der Waals surface area contributed by atoms with Crippen LogP contribution in [0.4, 0.5) is 0 Å². The average molecular weight is 466 g/mol. The van der Waals surface area contributed by atoms with E-state index in [1.54, 1.807) is 6.20 Å². The number of pyridine rings is 1. The second kappa shape index (κ2) is 9.76. The number of nitrogens with one attached hydrogen (secondary N) is 1. The smallest absolute Gasteiger partial charge is 0.239 e. The van der Waals surface area contributed by atoms with Gasteiger partial charge in [-0.05, 0) is 54.4 Å². The van der Waals surface area contributed by atoms with E-state index in [2.05, 4.69) is 10.3 Å². The van der Waals surface area contributed by atoms with Crippen molar-refractivity contribution in [1.29, 1.82) is 0 Å². The van der Waals surface area contributed by atoms with Crippen LogP contribution in [-0.4, -0.2) is 13.4 Å². The molecule has 0 aliphatic rings. The third-order valence-electron chi connectivity index (χ3n) is 4.45. The number of hydrogen-bond acceptors (Lipinski definition) is 5. The maximum atomic E-state index is 11.7. The van der Waals surface area contributed by atoms with Gasteiger partial charge in [-0.1, -0.05) is 41.4 Å². The van der Waals surface area contributed by atoms with Crippen LogP contribution in [0, 0.1) is 0 Å². The van der Waals surface area contributed by atoms with Crippen LogP contribution in [0.3, 0.4) is 0 Å². The van der Waals surface area contributed by atoms with Crippen molar-refractivity contribution in [2.24, 2.45) is 5.14 Å². The maximum Gasteiger partial charge on any atom is 0.239 e. The van der Waals surface area contributed by atoms with Crippen LogP contribution >= 0.6 is 23.2 Å². The molecule has 0 amide bonds. The molecule has 1 unspecified atom stereocenters. The van der Waals surface area contributed by atoms with Crippen LogP contribution in [0.1, 0.15) is 29.8 Å². The van der Waals surface area contributed by atoms with Crippen LogP contribution < -0.4 is 15.2 Å². The van der Waals surface area contributed by atoms with E-state index < -0.39 is 10.0 Å². The average Bonchev–Trinajstić information content (AvgIpc) is 2.71. The second-order valence-electron chi connectivity index (χ2n) is 6.71. The number of nitrogens with zero attached hydrogens (tertiary/aromatic N) is 1. The molecule has 0 fully saturated rings. The molecule has 6 nitrogen and oxygen atoms in total. The van der Waals surface area contributed by atoms with Crippen molar-refractivity contribution in [2.75, 3.05) is 0 Å². The number of sulfonamides is 1. The standard InChI is InChI=1S/C21H21Cl2N3O3S/c1-14(18-10-21(30(24,27)28)20(23)11-19(18)22)26-12-15-5-4-7-17(9-15)29-13-16-6-2-3-8-25-16/h2-11,14,26H,12-13H2,1H3,(H2,24,27,28). The Kier molecular flexibility index (Phi) is 7.33. The molecule has 2 aromatic carbocycles. The molecule has 0 spiro atoms. The van der Waals surface area contributed by atoms with Crippen LogP contribution in [0.25, 0.3) is 0 Å². The van der Waals surface area contributed by atoms with Crippen molar-refractivity contribution in [1.82, 2.24) is 10.3 Å². The molecule has 0 radical (unpaired) electrons. The Morgan fingerprint density at radius 3 is 2.60 bits per heavy atom. The molecule has 158 valence electrons. The summed E-state index contributed by atoms with van der Waals surface area (Å²) in [6.45, 7) is 2.78. The summed E-state index contributed by atoms with van der Waals surface area (Å²) >= 11 is 12.2. The van der Waals surface area contributed by atoms with E-state index in [4.69, 9.17) is 33.1 Å². The predicted molar refractivity (Wildman–Crippen MR) is 118 cm³/mol. The Balaban J connectivity index is 1.67. The fourth-order valence-electron chi connectivity index (χ4n) is 2.86. The normalized spacial score (nSPS) is 12.5. The highest BCUT2D eigenvalue weighted by Gasteiger charge is 2.19. The molecular formula is C21H21Cl2N3O3S. The fourth-order valence-corrected chi connectivity index (χ4v) is 4.35. The minimum absolute atomic E-state index is 0.00351. The number of benzene rings is 2. The Bertz CT molecular complexity index is 1130. The summed E-state index contributed by atoms with van der Waals surface area (Å²) < 4.78 is 29.3. The van der Waals surface area contributed by atoms with E-state index in [1.165, 1.54) is 12.1 Å². The molecule has 0 bridgehead atoms. The quantitative estimate of drug-likeness (QED) is 0.511. The number of aromatic nitrogens is 1. The van der Waals surface area contributed by atoms with E-state index in [-0.39, 0.29) is 16.0 Å². The monoisotopic (exact) mass is 465 g/mol. The molecule has 1 atom stereocenters. The van der Waals surface area contributed by atoms with Crippen LogP contribution in [0.2, 0.25) is 10.0 Å². The molecule has 1 heterocycles. The molecular weight excluding hydrogens is 445 g/mol. The van der Waals surface area contributed by atoms with E-state index >= 15 is 0 Å². The van der Waals surface area contributed by atoms with Gasteiger partial charge >= 0.3 is 0 Å². The first-order valence-corrected chi connectivity index (χ1v) is 11.4. The number of ether oxygens (including phenoxy) is 1. The van der Waals surface area contributed by atoms with E-state index in [0.29, 0.717) is 23.7 Å². The van der Waals surface area contributed by atoms with E-state index in [1.807, 2.05) is 49.4 Å². The summed E-state index contributed by atoms with van der Waals surface area (Å²) in [6, 6.07) is 15.9. The number of primary sulfonamides is 1. The zero-order valence-electron chi connectivity index (χ0n) is 16.2. The molecule has 0 saturated carbocycles. The number of rotatable bonds is 8. The molecule has 1 aromatic heterocycles. The second-order valence-corrected chi connectivity index (χ2v) is 9.05. The van der Waals surface area contributed by atoms with Gasteiger partial charge in [-0.2, -0.15) is 0 Å². The number of halogens is 2. The lowest BCUT2D eigenvalue weighted by molar-refractivity contribution is 0.301. The van der Waals surface area contributed by atoms with Gasteiger partial charge in [-0.25, -0.2) is 13.6 Å². The minimum Gasteiger partial charge on any atom is -0.487 e. The molecule has 0 aliphatic heterocycles. The highest BCUT2D eigenvalue weighted by Crippen LogP contribution is 2.31. The predicted octanol–water partition coefficient (Wildman–Crippen LogP) is 4.47. The van der Waals surface area contributed by atoms with Crippen molar-refractivity contribution < 1.29 is 13.2 Å². The van der Waals surface area contributed by atoms with Gasteiger partial charge in [-0.3, -0.25) is 4.98 Å². The third kappa shape index (κ3) is 5.93. The van der Waals surface area contributed by atoms with Crippen molar-refractivity contribution >= 4 is 33.2 Å².